The first kappa shape index (κ1) is 19.7. The highest BCUT2D eigenvalue weighted by molar-refractivity contribution is 5.77. The lowest BCUT2D eigenvalue weighted by Gasteiger charge is -2.60. The van der Waals surface area contributed by atoms with Crippen LogP contribution in [0.3, 0.4) is 0 Å². The highest BCUT2D eigenvalue weighted by Crippen LogP contribution is 2.60. The van der Waals surface area contributed by atoms with Gasteiger partial charge in [0.15, 0.2) is 0 Å². The SMILES string of the molecule is COC1(CC(=O)NC/C=C(\C)CCC=C(C)C)C2CC3CC(C2)CC1C3. The topological polar surface area (TPSA) is 38.3 Å². The fraction of sp³-hybridized carbons (Fsp3) is 0.783. The van der Waals surface area contributed by atoms with Crippen molar-refractivity contribution < 1.29 is 9.53 Å². The van der Waals surface area contributed by atoms with Crippen LogP contribution in [0.5, 0.6) is 0 Å². The molecule has 4 bridgehead atoms. The summed E-state index contributed by atoms with van der Waals surface area (Å²) in [4.78, 5) is 12.7. The first-order chi connectivity index (χ1) is 12.4. The molecule has 0 atom stereocenters. The Labute approximate surface area is 159 Å². The number of ether oxygens (including phenoxy) is 1. The zero-order valence-corrected chi connectivity index (χ0v) is 17.1. The van der Waals surface area contributed by atoms with Crippen LogP contribution >= 0.6 is 0 Å². The molecule has 3 nitrogen and oxygen atoms in total. The van der Waals surface area contributed by atoms with Gasteiger partial charge in [0.1, 0.15) is 0 Å². The van der Waals surface area contributed by atoms with Crippen LogP contribution in [0.25, 0.3) is 0 Å². The van der Waals surface area contributed by atoms with Gasteiger partial charge in [-0.05, 0) is 89.4 Å². The molecule has 3 heteroatoms. The monoisotopic (exact) mass is 359 g/mol. The first-order valence-electron chi connectivity index (χ1n) is 10.5. The summed E-state index contributed by atoms with van der Waals surface area (Å²) in [5.74, 6) is 3.14. The van der Waals surface area contributed by atoms with E-state index in [4.69, 9.17) is 4.74 Å². The first-order valence-corrected chi connectivity index (χ1v) is 10.5. The Hall–Kier alpha value is -1.09. The molecule has 4 fully saturated rings. The molecule has 0 heterocycles. The number of methoxy groups -OCH3 is 1. The molecule has 4 aliphatic rings. The summed E-state index contributed by atoms with van der Waals surface area (Å²) in [7, 11) is 1.84. The van der Waals surface area contributed by atoms with Crippen LogP contribution < -0.4 is 5.32 Å². The minimum atomic E-state index is -0.195. The van der Waals surface area contributed by atoms with Gasteiger partial charge in [0.05, 0.1) is 12.0 Å². The summed E-state index contributed by atoms with van der Waals surface area (Å²) in [6, 6.07) is 0. The Morgan fingerprint density at radius 1 is 1.04 bits per heavy atom. The Morgan fingerprint density at radius 3 is 2.19 bits per heavy atom. The molecule has 0 aromatic carbocycles. The maximum atomic E-state index is 12.7. The van der Waals surface area contributed by atoms with Crippen LogP contribution in [-0.4, -0.2) is 25.2 Å². The quantitative estimate of drug-likeness (QED) is 0.618. The smallest absolute Gasteiger partial charge is 0.223 e. The van der Waals surface area contributed by atoms with E-state index < -0.39 is 0 Å². The second-order valence-corrected chi connectivity index (χ2v) is 9.31. The summed E-state index contributed by atoms with van der Waals surface area (Å²) in [6.07, 6.45) is 13.6. The molecule has 0 radical (unpaired) electrons. The molecule has 0 spiro atoms. The Bertz CT molecular complexity index is 543. The number of carbonyl (C=O) groups excluding carboxylic acids is 1. The Balaban J connectivity index is 1.50. The molecular formula is C23H37NO2. The predicted octanol–water partition coefficient (Wildman–Crippen LogP) is 5.03. The van der Waals surface area contributed by atoms with Crippen LogP contribution in [0.1, 0.15) is 72.1 Å². The van der Waals surface area contributed by atoms with Crippen molar-refractivity contribution in [3.8, 4) is 0 Å². The van der Waals surface area contributed by atoms with E-state index in [-0.39, 0.29) is 11.5 Å². The third-order valence-electron chi connectivity index (χ3n) is 7.18. The minimum Gasteiger partial charge on any atom is -0.377 e. The fourth-order valence-corrected chi connectivity index (χ4v) is 6.02. The van der Waals surface area contributed by atoms with Crippen LogP contribution in [0.15, 0.2) is 23.3 Å². The van der Waals surface area contributed by atoms with Crippen LogP contribution in [0.4, 0.5) is 0 Å². The summed E-state index contributed by atoms with van der Waals surface area (Å²) < 4.78 is 6.11. The summed E-state index contributed by atoms with van der Waals surface area (Å²) >= 11 is 0. The standard InChI is InChI=1S/C23H37NO2/c1-16(2)6-5-7-17(3)8-9-24-22(25)15-23(26-4)20-11-18-10-19(13-20)14-21(23)12-18/h6,8,18-21H,5,7,9-15H2,1-4H3,(H,24,25)/b17-8+. The van der Waals surface area contributed by atoms with E-state index in [9.17, 15) is 4.79 Å². The summed E-state index contributed by atoms with van der Waals surface area (Å²) in [5.41, 5.74) is 2.52. The zero-order valence-electron chi connectivity index (χ0n) is 17.1. The van der Waals surface area contributed by atoms with Gasteiger partial charge in [-0.3, -0.25) is 4.79 Å². The summed E-state index contributed by atoms with van der Waals surface area (Å²) in [6.45, 7) is 7.06. The van der Waals surface area contributed by atoms with E-state index in [0.29, 0.717) is 24.8 Å². The molecule has 0 aromatic heterocycles. The van der Waals surface area contributed by atoms with Crippen molar-refractivity contribution in [2.45, 2.75) is 77.7 Å². The van der Waals surface area contributed by atoms with Crippen molar-refractivity contribution in [2.24, 2.45) is 23.7 Å². The average molecular weight is 360 g/mol. The van der Waals surface area contributed by atoms with E-state index in [1.807, 2.05) is 7.11 Å². The van der Waals surface area contributed by atoms with E-state index in [0.717, 1.165) is 24.7 Å². The van der Waals surface area contributed by atoms with Gasteiger partial charge >= 0.3 is 0 Å². The number of carbonyl (C=O) groups is 1. The van der Waals surface area contributed by atoms with Crippen molar-refractivity contribution in [1.29, 1.82) is 0 Å². The van der Waals surface area contributed by atoms with Crippen molar-refractivity contribution in [3.05, 3.63) is 23.3 Å². The predicted molar refractivity (Wildman–Crippen MR) is 107 cm³/mol. The zero-order chi connectivity index (χ0) is 18.7. The van der Waals surface area contributed by atoms with Crippen LogP contribution in [-0.2, 0) is 9.53 Å². The molecule has 0 aromatic rings. The van der Waals surface area contributed by atoms with Gasteiger partial charge in [0, 0.05) is 13.7 Å². The highest BCUT2D eigenvalue weighted by Gasteiger charge is 2.58. The molecule has 1 amide bonds. The average Bonchev–Trinajstić information content (AvgIpc) is 2.57. The lowest BCUT2D eigenvalue weighted by atomic mass is 9.49. The molecule has 1 N–H and O–H groups in total. The molecular weight excluding hydrogens is 322 g/mol. The Kier molecular flexibility index (Phi) is 6.27. The van der Waals surface area contributed by atoms with Crippen LogP contribution in [0.2, 0.25) is 0 Å². The molecule has 4 saturated carbocycles. The lowest BCUT2D eigenvalue weighted by molar-refractivity contribution is -0.195. The van der Waals surface area contributed by atoms with Crippen LogP contribution in [0, 0.1) is 23.7 Å². The number of hydrogen-bond donors (Lipinski definition) is 1. The van der Waals surface area contributed by atoms with E-state index in [2.05, 4.69) is 38.2 Å². The van der Waals surface area contributed by atoms with Gasteiger partial charge in [-0.2, -0.15) is 0 Å². The normalized spacial score (nSPS) is 35.5. The highest BCUT2D eigenvalue weighted by atomic mass is 16.5. The number of nitrogens with one attached hydrogen (secondary N) is 1. The van der Waals surface area contributed by atoms with Crippen molar-refractivity contribution in [1.82, 2.24) is 5.32 Å². The molecule has 0 saturated heterocycles. The summed E-state index contributed by atoms with van der Waals surface area (Å²) in [5, 5.41) is 3.12. The van der Waals surface area contributed by atoms with E-state index in [1.54, 1.807) is 0 Å². The largest absolute Gasteiger partial charge is 0.377 e. The van der Waals surface area contributed by atoms with Gasteiger partial charge in [0.2, 0.25) is 5.91 Å². The lowest BCUT2D eigenvalue weighted by Crippen LogP contribution is -2.60. The second-order valence-electron chi connectivity index (χ2n) is 9.31. The number of hydrogen-bond acceptors (Lipinski definition) is 2. The minimum absolute atomic E-state index is 0.160. The Morgan fingerprint density at radius 2 is 1.65 bits per heavy atom. The van der Waals surface area contributed by atoms with E-state index in [1.165, 1.54) is 43.3 Å². The second kappa shape index (κ2) is 8.29. The third-order valence-corrected chi connectivity index (χ3v) is 7.18. The molecule has 0 aliphatic heterocycles. The molecule has 26 heavy (non-hydrogen) atoms. The van der Waals surface area contributed by atoms with Crippen molar-refractivity contribution in [3.63, 3.8) is 0 Å². The van der Waals surface area contributed by atoms with Gasteiger partial charge in [-0.15, -0.1) is 0 Å². The molecule has 4 aliphatic carbocycles. The van der Waals surface area contributed by atoms with Crippen molar-refractivity contribution >= 4 is 5.91 Å². The molecule has 4 rings (SSSR count). The van der Waals surface area contributed by atoms with Gasteiger partial charge in [-0.25, -0.2) is 0 Å². The fourth-order valence-electron chi connectivity index (χ4n) is 6.02. The van der Waals surface area contributed by atoms with Crippen molar-refractivity contribution in [2.75, 3.05) is 13.7 Å². The van der Waals surface area contributed by atoms with Gasteiger partial charge in [-0.1, -0.05) is 23.3 Å². The maximum Gasteiger partial charge on any atom is 0.223 e. The molecule has 146 valence electrons. The molecule has 0 unspecified atom stereocenters. The number of allylic oxidation sites excluding steroid dienone is 3. The third kappa shape index (κ3) is 4.24. The maximum absolute atomic E-state index is 12.7. The number of amides is 1. The van der Waals surface area contributed by atoms with Gasteiger partial charge in [0.25, 0.3) is 0 Å². The number of rotatable bonds is 8. The van der Waals surface area contributed by atoms with E-state index >= 15 is 0 Å². The van der Waals surface area contributed by atoms with Gasteiger partial charge < -0.3 is 10.1 Å².